The van der Waals surface area contributed by atoms with E-state index in [0.717, 1.165) is 30.8 Å². The number of benzene rings is 2. The molecule has 2 aromatic carbocycles. The highest BCUT2D eigenvalue weighted by Crippen LogP contribution is 2.47. The molecule has 1 fully saturated rings. The van der Waals surface area contributed by atoms with Gasteiger partial charge in [-0.05, 0) is 48.9 Å². The number of anilines is 2. The summed E-state index contributed by atoms with van der Waals surface area (Å²) < 4.78 is 13.6. The van der Waals surface area contributed by atoms with E-state index in [0.29, 0.717) is 12.0 Å². The molecule has 0 aromatic heterocycles. The molecule has 2 atom stereocenters. The second-order valence-electron chi connectivity index (χ2n) is 5.58. The van der Waals surface area contributed by atoms with Crippen LogP contribution in [0, 0.1) is 5.82 Å². The van der Waals surface area contributed by atoms with Crippen LogP contribution in [-0.4, -0.2) is 19.1 Å². The number of rotatable bonds is 1. The molecule has 3 heteroatoms. The van der Waals surface area contributed by atoms with Gasteiger partial charge in [0.05, 0.1) is 0 Å². The van der Waals surface area contributed by atoms with Crippen molar-refractivity contribution in [3.05, 3.63) is 59.9 Å². The highest BCUT2D eigenvalue weighted by Gasteiger charge is 2.40. The second-order valence-corrected chi connectivity index (χ2v) is 5.58. The summed E-state index contributed by atoms with van der Waals surface area (Å²) in [5, 5.41) is 3.44. The summed E-state index contributed by atoms with van der Waals surface area (Å²) in [6.45, 7) is 1.96. The average molecular weight is 268 g/mol. The minimum Gasteiger partial charge on any atom is -0.337 e. The number of hydrogen-bond donors (Lipinski definition) is 1. The van der Waals surface area contributed by atoms with Gasteiger partial charge in [-0.1, -0.05) is 18.2 Å². The van der Waals surface area contributed by atoms with E-state index >= 15 is 0 Å². The Kier molecular flexibility index (Phi) is 2.74. The Morgan fingerprint density at radius 1 is 1.10 bits per heavy atom. The smallest absolute Gasteiger partial charge is 0.123 e. The molecule has 102 valence electrons. The average Bonchev–Trinajstić information content (AvgIpc) is 2.82. The molecule has 2 aromatic rings. The molecule has 0 amide bonds. The summed E-state index contributed by atoms with van der Waals surface area (Å²) >= 11 is 0. The van der Waals surface area contributed by atoms with Gasteiger partial charge in [0.1, 0.15) is 5.82 Å². The monoisotopic (exact) mass is 268 g/mol. The van der Waals surface area contributed by atoms with Crippen molar-refractivity contribution in [1.29, 1.82) is 0 Å². The maximum Gasteiger partial charge on any atom is 0.123 e. The van der Waals surface area contributed by atoms with Crippen LogP contribution in [0.3, 0.4) is 0 Å². The molecule has 2 aliphatic heterocycles. The lowest BCUT2D eigenvalue weighted by Crippen LogP contribution is -2.42. The number of fused-ring (bicyclic) bond motifs is 3. The summed E-state index contributed by atoms with van der Waals surface area (Å²) in [6.07, 6.45) is 1.09. The van der Waals surface area contributed by atoms with Crippen LogP contribution < -0.4 is 10.2 Å². The minimum atomic E-state index is -0.136. The first-order valence-electron chi connectivity index (χ1n) is 7.19. The van der Waals surface area contributed by atoms with Crippen LogP contribution in [-0.2, 0) is 0 Å². The van der Waals surface area contributed by atoms with Crippen LogP contribution in [0.15, 0.2) is 48.5 Å². The SMILES string of the molecule is Fc1ccc2c(c1)[C@@H]1CNCC[C@H]1N2c1ccccc1. The fourth-order valence-electron chi connectivity index (χ4n) is 3.61. The number of nitrogens with zero attached hydrogens (tertiary/aromatic N) is 1. The molecule has 1 saturated heterocycles. The Labute approximate surface area is 118 Å². The predicted molar refractivity (Wildman–Crippen MR) is 79.0 cm³/mol. The Balaban J connectivity index is 1.86. The van der Waals surface area contributed by atoms with Crippen molar-refractivity contribution in [2.45, 2.75) is 18.4 Å². The third-order valence-electron chi connectivity index (χ3n) is 4.46. The molecule has 2 aliphatic rings. The van der Waals surface area contributed by atoms with E-state index < -0.39 is 0 Å². The molecule has 0 aliphatic carbocycles. The highest BCUT2D eigenvalue weighted by atomic mass is 19.1. The van der Waals surface area contributed by atoms with Gasteiger partial charge in [-0.2, -0.15) is 0 Å². The van der Waals surface area contributed by atoms with Gasteiger partial charge in [-0.15, -0.1) is 0 Å². The van der Waals surface area contributed by atoms with Gasteiger partial charge in [0.15, 0.2) is 0 Å². The number of halogens is 1. The highest BCUT2D eigenvalue weighted by molar-refractivity contribution is 5.73. The number of piperidine rings is 1. The van der Waals surface area contributed by atoms with E-state index in [2.05, 4.69) is 34.5 Å². The van der Waals surface area contributed by atoms with Crippen molar-refractivity contribution in [3.63, 3.8) is 0 Å². The topological polar surface area (TPSA) is 15.3 Å². The van der Waals surface area contributed by atoms with E-state index in [9.17, 15) is 4.39 Å². The molecule has 2 heterocycles. The Morgan fingerprint density at radius 2 is 1.95 bits per heavy atom. The van der Waals surface area contributed by atoms with Gasteiger partial charge in [0, 0.05) is 29.9 Å². The third kappa shape index (κ3) is 1.74. The fourth-order valence-corrected chi connectivity index (χ4v) is 3.61. The van der Waals surface area contributed by atoms with Gasteiger partial charge < -0.3 is 10.2 Å². The maximum absolute atomic E-state index is 13.6. The van der Waals surface area contributed by atoms with Crippen molar-refractivity contribution in [2.24, 2.45) is 0 Å². The van der Waals surface area contributed by atoms with Crippen molar-refractivity contribution in [3.8, 4) is 0 Å². The lowest BCUT2D eigenvalue weighted by Gasteiger charge is -2.34. The Bertz CT molecular complexity index is 626. The van der Waals surface area contributed by atoms with E-state index in [1.165, 1.54) is 5.69 Å². The maximum atomic E-state index is 13.6. The van der Waals surface area contributed by atoms with E-state index in [1.807, 2.05) is 12.1 Å². The molecule has 20 heavy (non-hydrogen) atoms. The molecule has 0 bridgehead atoms. The van der Waals surface area contributed by atoms with Gasteiger partial charge in [-0.25, -0.2) is 4.39 Å². The largest absolute Gasteiger partial charge is 0.337 e. The van der Waals surface area contributed by atoms with Crippen molar-refractivity contribution < 1.29 is 4.39 Å². The summed E-state index contributed by atoms with van der Waals surface area (Å²) in [7, 11) is 0. The molecule has 0 spiro atoms. The zero-order chi connectivity index (χ0) is 13.5. The first-order valence-corrected chi connectivity index (χ1v) is 7.19. The quantitative estimate of drug-likeness (QED) is 0.852. The molecule has 4 rings (SSSR count). The molecule has 0 unspecified atom stereocenters. The van der Waals surface area contributed by atoms with Crippen LogP contribution in [0.4, 0.5) is 15.8 Å². The summed E-state index contributed by atoms with van der Waals surface area (Å²) in [5.74, 6) is 0.248. The Hall–Kier alpha value is -1.87. The van der Waals surface area contributed by atoms with Crippen molar-refractivity contribution in [2.75, 3.05) is 18.0 Å². The molecule has 1 N–H and O–H groups in total. The van der Waals surface area contributed by atoms with Crippen molar-refractivity contribution in [1.82, 2.24) is 5.32 Å². The summed E-state index contributed by atoms with van der Waals surface area (Å²) in [5.41, 5.74) is 3.51. The minimum absolute atomic E-state index is 0.136. The number of hydrogen-bond acceptors (Lipinski definition) is 2. The van der Waals surface area contributed by atoms with E-state index in [1.54, 1.807) is 12.1 Å². The van der Waals surface area contributed by atoms with E-state index in [4.69, 9.17) is 0 Å². The lowest BCUT2D eigenvalue weighted by molar-refractivity contribution is 0.419. The molecule has 2 nitrogen and oxygen atoms in total. The normalized spacial score (nSPS) is 24.4. The van der Waals surface area contributed by atoms with Crippen LogP contribution >= 0.6 is 0 Å². The zero-order valence-corrected chi connectivity index (χ0v) is 11.2. The molecule has 0 saturated carbocycles. The first-order chi connectivity index (χ1) is 9.84. The van der Waals surface area contributed by atoms with Crippen molar-refractivity contribution >= 4 is 11.4 Å². The number of nitrogens with one attached hydrogen (secondary N) is 1. The van der Waals surface area contributed by atoms with Gasteiger partial charge in [-0.3, -0.25) is 0 Å². The van der Waals surface area contributed by atoms with Crippen LogP contribution in [0.25, 0.3) is 0 Å². The second kappa shape index (κ2) is 4.60. The fraction of sp³-hybridized carbons (Fsp3) is 0.294. The number of para-hydroxylation sites is 1. The standard InChI is InChI=1S/C17H17FN2/c18-12-6-7-16-14(10-12)15-11-19-9-8-17(15)20(16)13-4-2-1-3-5-13/h1-7,10,15,17,19H,8-9,11H2/t15-,17+/m0/s1. The van der Waals surface area contributed by atoms with Gasteiger partial charge in [0.2, 0.25) is 0 Å². The molecule has 0 radical (unpaired) electrons. The van der Waals surface area contributed by atoms with Gasteiger partial charge in [0.25, 0.3) is 0 Å². The van der Waals surface area contributed by atoms with Gasteiger partial charge >= 0.3 is 0 Å². The molecular weight excluding hydrogens is 251 g/mol. The summed E-state index contributed by atoms with van der Waals surface area (Å²) in [4.78, 5) is 2.39. The van der Waals surface area contributed by atoms with E-state index in [-0.39, 0.29) is 5.82 Å². The predicted octanol–water partition coefficient (Wildman–Crippen LogP) is 3.42. The lowest BCUT2D eigenvalue weighted by atomic mass is 9.90. The zero-order valence-electron chi connectivity index (χ0n) is 11.2. The first kappa shape index (κ1) is 11.9. The van der Waals surface area contributed by atoms with Crippen LogP contribution in [0.5, 0.6) is 0 Å². The Morgan fingerprint density at radius 3 is 2.80 bits per heavy atom. The van der Waals surface area contributed by atoms with Crippen LogP contribution in [0.2, 0.25) is 0 Å². The summed E-state index contributed by atoms with van der Waals surface area (Å²) in [6, 6.07) is 16.1. The van der Waals surface area contributed by atoms with Crippen LogP contribution in [0.1, 0.15) is 17.9 Å². The third-order valence-corrected chi connectivity index (χ3v) is 4.46. The molecular formula is C17H17FN2.